The number of nitrogens with zero attached hydrogens (tertiary/aromatic N) is 1. The lowest BCUT2D eigenvalue weighted by molar-refractivity contribution is 0.0601. The number of hydrogen-bond acceptors (Lipinski definition) is 5. The summed E-state index contributed by atoms with van der Waals surface area (Å²) in [6.07, 6.45) is 2.87. The Hall–Kier alpha value is -2.61. The Bertz CT molecular complexity index is 909. The van der Waals surface area contributed by atoms with E-state index in [-0.39, 0.29) is 22.6 Å². The molecule has 8 heteroatoms. The van der Waals surface area contributed by atoms with Gasteiger partial charge in [-0.1, -0.05) is 15.9 Å². The monoisotopic (exact) mass is 424 g/mol. The van der Waals surface area contributed by atoms with Crippen LogP contribution in [0.15, 0.2) is 39.8 Å². The second-order valence-electron chi connectivity index (χ2n) is 5.22. The minimum Gasteiger partial charge on any atom is -0.501 e. The molecule has 0 spiro atoms. The summed E-state index contributed by atoms with van der Waals surface area (Å²) in [5, 5.41) is 2.81. The van der Waals surface area contributed by atoms with E-state index in [4.69, 9.17) is 9.47 Å². The molecule has 1 aromatic carbocycles. The van der Waals surface area contributed by atoms with Crippen molar-refractivity contribution < 1.29 is 18.7 Å². The zero-order valence-corrected chi connectivity index (χ0v) is 16.1. The van der Waals surface area contributed by atoms with Crippen molar-refractivity contribution in [3.63, 3.8) is 0 Å². The summed E-state index contributed by atoms with van der Waals surface area (Å²) in [7, 11) is 2.71. The van der Waals surface area contributed by atoms with Crippen LogP contribution in [0, 0.1) is 5.82 Å². The van der Waals surface area contributed by atoms with Crippen molar-refractivity contribution in [1.29, 1.82) is 0 Å². The number of methoxy groups -OCH3 is 1. The van der Waals surface area contributed by atoms with E-state index >= 15 is 0 Å². The molecule has 0 fully saturated rings. The van der Waals surface area contributed by atoms with Gasteiger partial charge in [0.15, 0.2) is 0 Å². The summed E-state index contributed by atoms with van der Waals surface area (Å²) in [4.78, 5) is 24.6. The molecule has 138 valence electrons. The number of rotatable bonds is 6. The molecule has 0 saturated heterocycles. The van der Waals surface area contributed by atoms with E-state index < -0.39 is 11.8 Å². The number of carbonyl (C=O) groups is 1. The average molecular weight is 425 g/mol. The highest BCUT2D eigenvalue weighted by molar-refractivity contribution is 9.10. The molecule has 0 aliphatic carbocycles. The Morgan fingerprint density at radius 1 is 1.38 bits per heavy atom. The third-order valence-electron chi connectivity index (χ3n) is 3.55. The van der Waals surface area contributed by atoms with Gasteiger partial charge in [-0.2, -0.15) is 0 Å². The van der Waals surface area contributed by atoms with Crippen LogP contribution >= 0.6 is 15.9 Å². The molecule has 0 saturated carbocycles. The Kier molecular flexibility index (Phi) is 6.57. The molecule has 6 nitrogen and oxygen atoms in total. The number of carbonyl (C=O) groups excluding carboxylic acids is 1. The number of hydrogen-bond donors (Lipinski definition) is 1. The van der Waals surface area contributed by atoms with E-state index in [1.54, 1.807) is 13.0 Å². The minimum absolute atomic E-state index is 0.0906. The van der Waals surface area contributed by atoms with Gasteiger partial charge in [0.1, 0.15) is 17.2 Å². The molecule has 1 N–H and O–H groups in total. The zero-order valence-electron chi connectivity index (χ0n) is 14.5. The molecular formula is C18H18BrFN2O4. The standard InChI is InChI=1S/C18H18BrFN2O4/c1-4-26-8-7-11-9-15(23)22(2)17(16(11)18(24)25-3)21-14-6-5-12(19)10-13(14)20/h5-10,21H,4H2,1-3H3. The first kappa shape index (κ1) is 19.7. The first-order valence-electron chi connectivity index (χ1n) is 7.71. The fraction of sp³-hybridized carbons (Fsp3) is 0.222. The Morgan fingerprint density at radius 2 is 2.12 bits per heavy atom. The second kappa shape index (κ2) is 8.66. The molecule has 1 heterocycles. The molecule has 0 aliphatic rings. The number of esters is 1. The molecular weight excluding hydrogens is 407 g/mol. The topological polar surface area (TPSA) is 69.6 Å². The van der Waals surface area contributed by atoms with Crippen LogP contribution in [0.2, 0.25) is 0 Å². The Morgan fingerprint density at radius 3 is 2.73 bits per heavy atom. The number of benzene rings is 1. The zero-order chi connectivity index (χ0) is 19.3. The van der Waals surface area contributed by atoms with Crippen LogP contribution in [0.1, 0.15) is 22.8 Å². The van der Waals surface area contributed by atoms with Crippen LogP contribution in [-0.2, 0) is 16.5 Å². The lowest BCUT2D eigenvalue weighted by Crippen LogP contribution is -2.24. The first-order chi connectivity index (χ1) is 12.4. The van der Waals surface area contributed by atoms with Crippen molar-refractivity contribution in [3.8, 4) is 0 Å². The van der Waals surface area contributed by atoms with E-state index in [1.807, 2.05) is 0 Å². The van der Waals surface area contributed by atoms with Gasteiger partial charge in [-0.15, -0.1) is 0 Å². The maximum absolute atomic E-state index is 14.2. The molecule has 0 bridgehead atoms. The third-order valence-corrected chi connectivity index (χ3v) is 4.05. The van der Waals surface area contributed by atoms with Gasteiger partial charge < -0.3 is 14.8 Å². The van der Waals surface area contributed by atoms with E-state index in [2.05, 4.69) is 21.2 Å². The quantitative estimate of drug-likeness (QED) is 0.563. The lowest BCUT2D eigenvalue weighted by Gasteiger charge is -2.17. The summed E-state index contributed by atoms with van der Waals surface area (Å²) in [6, 6.07) is 5.69. The van der Waals surface area contributed by atoms with Crippen LogP contribution in [0.4, 0.5) is 15.9 Å². The fourth-order valence-corrected chi connectivity index (χ4v) is 2.58. The Labute approximate surface area is 158 Å². The molecule has 0 aliphatic heterocycles. The van der Waals surface area contributed by atoms with Crippen LogP contribution < -0.4 is 10.9 Å². The van der Waals surface area contributed by atoms with E-state index in [1.165, 1.54) is 49.3 Å². The highest BCUT2D eigenvalue weighted by Gasteiger charge is 2.21. The van der Waals surface area contributed by atoms with Crippen molar-refractivity contribution in [2.45, 2.75) is 6.92 Å². The normalized spacial score (nSPS) is 10.8. The SMILES string of the molecule is CCOC=Cc1cc(=O)n(C)c(Nc2ccc(Br)cc2F)c1C(=O)OC. The van der Waals surface area contributed by atoms with Crippen molar-refractivity contribution in [2.75, 3.05) is 19.0 Å². The minimum atomic E-state index is -0.670. The third kappa shape index (κ3) is 4.32. The first-order valence-corrected chi connectivity index (χ1v) is 8.50. The molecule has 2 rings (SSSR count). The van der Waals surface area contributed by atoms with E-state index in [0.717, 1.165) is 0 Å². The highest BCUT2D eigenvalue weighted by atomic mass is 79.9. The van der Waals surface area contributed by atoms with Crippen LogP contribution in [0.5, 0.6) is 0 Å². The van der Waals surface area contributed by atoms with Gasteiger partial charge in [-0.05, 0) is 31.2 Å². The largest absolute Gasteiger partial charge is 0.501 e. The fourth-order valence-electron chi connectivity index (χ4n) is 2.25. The molecule has 0 amide bonds. The summed E-state index contributed by atoms with van der Waals surface area (Å²) >= 11 is 3.18. The summed E-state index contributed by atoms with van der Waals surface area (Å²) in [5.74, 6) is -1.10. The van der Waals surface area contributed by atoms with Crippen LogP contribution in [0.3, 0.4) is 0 Å². The van der Waals surface area contributed by atoms with Crippen LogP contribution in [0.25, 0.3) is 6.08 Å². The van der Waals surface area contributed by atoms with Crippen molar-refractivity contribution in [3.05, 3.63) is 62.3 Å². The predicted molar refractivity (Wildman–Crippen MR) is 101 cm³/mol. The van der Waals surface area contributed by atoms with Gasteiger partial charge in [0, 0.05) is 23.2 Å². The van der Waals surface area contributed by atoms with Gasteiger partial charge in [0.25, 0.3) is 5.56 Å². The molecule has 2 aromatic rings. The second-order valence-corrected chi connectivity index (χ2v) is 6.14. The smallest absolute Gasteiger partial charge is 0.342 e. The van der Waals surface area contributed by atoms with Gasteiger partial charge in [-0.3, -0.25) is 9.36 Å². The number of ether oxygens (including phenoxy) is 2. The number of aromatic nitrogens is 1. The molecule has 0 atom stereocenters. The summed E-state index contributed by atoms with van der Waals surface area (Å²) in [5.41, 5.74) is 0.120. The van der Waals surface area contributed by atoms with Gasteiger partial charge in [0.2, 0.25) is 0 Å². The molecule has 0 unspecified atom stereocenters. The predicted octanol–water partition coefficient (Wildman–Crippen LogP) is 3.82. The van der Waals surface area contributed by atoms with Gasteiger partial charge in [0.05, 0.1) is 25.7 Å². The molecule has 0 radical (unpaired) electrons. The molecule has 26 heavy (non-hydrogen) atoms. The average Bonchev–Trinajstić information content (AvgIpc) is 2.61. The maximum atomic E-state index is 14.2. The van der Waals surface area contributed by atoms with E-state index in [0.29, 0.717) is 16.6 Å². The summed E-state index contributed by atoms with van der Waals surface area (Å²) < 4.78 is 26.0. The lowest BCUT2D eigenvalue weighted by atomic mass is 10.1. The van der Waals surface area contributed by atoms with Crippen molar-refractivity contribution in [1.82, 2.24) is 4.57 Å². The van der Waals surface area contributed by atoms with E-state index in [9.17, 15) is 14.0 Å². The number of nitrogens with one attached hydrogen (secondary N) is 1. The Balaban J connectivity index is 2.65. The van der Waals surface area contributed by atoms with Crippen molar-refractivity contribution in [2.24, 2.45) is 7.05 Å². The number of pyridine rings is 1. The summed E-state index contributed by atoms with van der Waals surface area (Å²) in [6.45, 7) is 2.24. The van der Waals surface area contributed by atoms with Gasteiger partial charge >= 0.3 is 5.97 Å². The number of halogens is 2. The van der Waals surface area contributed by atoms with Gasteiger partial charge in [-0.25, -0.2) is 9.18 Å². The highest BCUT2D eigenvalue weighted by Crippen LogP contribution is 2.27. The van der Waals surface area contributed by atoms with Crippen LogP contribution in [-0.4, -0.2) is 24.3 Å². The molecule has 1 aromatic heterocycles. The number of anilines is 2. The van der Waals surface area contributed by atoms with Crippen molar-refractivity contribution >= 4 is 39.5 Å². The maximum Gasteiger partial charge on any atom is 0.342 e.